The summed E-state index contributed by atoms with van der Waals surface area (Å²) in [5.41, 5.74) is 1.57. The second-order valence-electron chi connectivity index (χ2n) is 8.86. The number of benzene rings is 3. The van der Waals surface area contributed by atoms with Crippen LogP contribution in [-0.2, 0) is 14.3 Å². The number of halogens is 1. The summed E-state index contributed by atoms with van der Waals surface area (Å²) in [4.78, 5) is 51.9. The average molecular weight is 564 g/mol. The lowest BCUT2D eigenvalue weighted by Crippen LogP contribution is -2.32. The largest absolute Gasteiger partial charge is 0.497 e. The molecule has 206 valence electrons. The van der Waals surface area contributed by atoms with E-state index in [9.17, 15) is 19.2 Å². The first kappa shape index (κ1) is 28.2. The number of esters is 1. The number of rotatable bonds is 9. The first-order valence-electron chi connectivity index (χ1n) is 12.1. The van der Waals surface area contributed by atoms with Gasteiger partial charge in [0.05, 0.1) is 31.6 Å². The molecule has 2 N–H and O–H groups in total. The molecule has 4 rings (SSSR count). The van der Waals surface area contributed by atoms with Crippen molar-refractivity contribution in [3.8, 4) is 11.5 Å². The number of nitrogens with one attached hydrogen (secondary N) is 2. The van der Waals surface area contributed by atoms with Crippen LogP contribution in [0.5, 0.6) is 11.5 Å². The van der Waals surface area contributed by atoms with E-state index in [1.54, 1.807) is 56.3 Å². The normalized spacial score (nSPS) is 13.0. The molecule has 0 aliphatic carbocycles. The molecule has 11 heteroatoms. The van der Waals surface area contributed by atoms with Crippen molar-refractivity contribution >= 4 is 52.4 Å². The molecular formula is C29H26ClN3O7. The third-order valence-electron chi connectivity index (χ3n) is 5.77. The molecule has 3 aromatic rings. The van der Waals surface area contributed by atoms with Crippen molar-refractivity contribution in [1.82, 2.24) is 0 Å². The number of hydrogen-bond acceptors (Lipinski definition) is 8. The first-order valence-corrected chi connectivity index (χ1v) is 12.5. The fraction of sp³-hybridized carbons (Fsp3) is 0.172. The van der Waals surface area contributed by atoms with Crippen molar-refractivity contribution in [2.45, 2.75) is 20.0 Å². The number of hydrogen-bond donors (Lipinski definition) is 2. The summed E-state index contributed by atoms with van der Waals surface area (Å²) in [6, 6.07) is 17.3. The zero-order valence-corrected chi connectivity index (χ0v) is 22.9. The molecule has 0 radical (unpaired) electrons. The number of anilines is 3. The van der Waals surface area contributed by atoms with Crippen molar-refractivity contribution in [1.29, 1.82) is 0 Å². The monoisotopic (exact) mass is 563 g/mol. The molecule has 0 spiro atoms. The van der Waals surface area contributed by atoms with Gasteiger partial charge in [-0.1, -0.05) is 17.7 Å². The van der Waals surface area contributed by atoms with E-state index in [4.69, 9.17) is 25.8 Å². The number of amides is 3. The minimum Gasteiger partial charge on any atom is -0.497 e. The van der Waals surface area contributed by atoms with Crippen LogP contribution in [0.3, 0.4) is 0 Å². The number of carbonyl (C=O) groups excluding carboxylic acids is 4. The predicted octanol–water partition coefficient (Wildman–Crippen LogP) is 4.96. The van der Waals surface area contributed by atoms with E-state index >= 15 is 0 Å². The van der Waals surface area contributed by atoms with Gasteiger partial charge in [-0.05, 0) is 68.4 Å². The molecule has 0 atom stereocenters. The van der Waals surface area contributed by atoms with E-state index in [-0.39, 0.29) is 28.3 Å². The molecule has 1 aliphatic rings. The fourth-order valence-electron chi connectivity index (χ4n) is 3.86. The van der Waals surface area contributed by atoms with Gasteiger partial charge in [-0.25, -0.2) is 9.69 Å². The molecule has 0 fully saturated rings. The first-order chi connectivity index (χ1) is 19.1. The molecule has 10 nitrogen and oxygen atoms in total. The minimum absolute atomic E-state index is 0.119. The molecular weight excluding hydrogens is 538 g/mol. The predicted molar refractivity (Wildman–Crippen MR) is 150 cm³/mol. The molecule has 0 aromatic heterocycles. The quantitative estimate of drug-likeness (QED) is 0.277. The maximum Gasteiger partial charge on any atom is 0.338 e. The molecule has 3 amide bonds. The molecule has 3 aromatic carbocycles. The van der Waals surface area contributed by atoms with Crippen LogP contribution in [0, 0.1) is 0 Å². The summed E-state index contributed by atoms with van der Waals surface area (Å²) in [6.45, 7) is 3.50. The average Bonchev–Trinajstić information content (AvgIpc) is 3.15. The SMILES string of the molecule is COc1ccc(N2C(=O)C(Cl)=C(Nc3ccc(C(=O)Nc4cccc(C(=O)OC(C)C)c4)cc3)C2=O)c(OC)c1. The van der Waals surface area contributed by atoms with Gasteiger partial charge in [0.15, 0.2) is 0 Å². The van der Waals surface area contributed by atoms with Crippen molar-refractivity contribution in [3.05, 3.63) is 88.6 Å². The summed E-state index contributed by atoms with van der Waals surface area (Å²) in [5, 5.41) is 5.32. The van der Waals surface area contributed by atoms with E-state index in [0.717, 1.165) is 4.90 Å². The van der Waals surface area contributed by atoms with Crippen LogP contribution in [0.25, 0.3) is 0 Å². The Morgan fingerprint density at radius 3 is 2.23 bits per heavy atom. The third kappa shape index (κ3) is 5.92. The Morgan fingerprint density at radius 1 is 0.850 bits per heavy atom. The molecule has 0 saturated heterocycles. The Hall–Kier alpha value is -4.83. The standard InChI is InChI=1S/C29H26ClN3O7/c1-16(2)40-29(37)18-6-5-7-20(14-18)32-26(34)17-8-10-19(11-9-17)31-25-24(30)27(35)33(28(25)36)22-13-12-21(38-3)15-23(22)39-4/h5-16,31H,1-4H3,(H,32,34). The van der Waals surface area contributed by atoms with Crippen LogP contribution in [-0.4, -0.2) is 44.0 Å². The summed E-state index contributed by atoms with van der Waals surface area (Å²) >= 11 is 6.25. The lowest BCUT2D eigenvalue weighted by Gasteiger charge is -2.18. The van der Waals surface area contributed by atoms with Gasteiger partial charge in [-0.15, -0.1) is 0 Å². The molecule has 1 aliphatic heterocycles. The smallest absolute Gasteiger partial charge is 0.338 e. The lowest BCUT2D eigenvalue weighted by molar-refractivity contribution is -0.120. The van der Waals surface area contributed by atoms with Gasteiger partial charge in [0, 0.05) is 23.0 Å². The lowest BCUT2D eigenvalue weighted by atomic mass is 10.1. The van der Waals surface area contributed by atoms with Crippen LogP contribution in [0.2, 0.25) is 0 Å². The Morgan fingerprint density at radius 2 is 1.57 bits per heavy atom. The molecule has 0 saturated carbocycles. The maximum atomic E-state index is 13.2. The highest BCUT2D eigenvalue weighted by Gasteiger charge is 2.40. The van der Waals surface area contributed by atoms with Gasteiger partial charge >= 0.3 is 5.97 Å². The van der Waals surface area contributed by atoms with Gasteiger partial charge in [-0.2, -0.15) is 0 Å². The Kier molecular flexibility index (Phi) is 8.40. The summed E-state index contributed by atoms with van der Waals surface area (Å²) in [7, 11) is 2.90. The highest BCUT2D eigenvalue weighted by molar-refractivity contribution is 6.53. The van der Waals surface area contributed by atoms with E-state index in [1.807, 2.05) is 0 Å². The molecule has 1 heterocycles. The van der Waals surface area contributed by atoms with Crippen molar-refractivity contribution < 1.29 is 33.4 Å². The van der Waals surface area contributed by atoms with E-state index in [2.05, 4.69) is 10.6 Å². The van der Waals surface area contributed by atoms with Gasteiger partial charge in [0.2, 0.25) is 0 Å². The third-order valence-corrected chi connectivity index (χ3v) is 6.12. The molecule has 40 heavy (non-hydrogen) atoms. The van der Waals surface area contributed by atoms with Gasteiger partial charge < -0.3 is 24.8 Å². The van der Waals surface area contributed by atoms with Gasteiger partial charge in [0.25, 0.3) is 17.7 Å². The molecule has 0 unspecified atom stereocenters. The Balaban J connectivity index is 1.46. The molecule has 0 bridgehead atoms. The van der Waals surface area contributed by atoms with Gasteiger partial charge in [0.1, 0.15) is 22.2 Å². The van der Waals surface area contributed by atoms with Crippen molar-refractivity contribution in [2.24, 2.45) is 0 Å². The van der Waals surface area contributed by atoms with Crippen LogP contribution in [0.4, 0.5) is 17.1 Å². The number of methoxy groups -OCH3 is 2. The zero-order chi connectivity index (χ0) is 29.0. The van der Waals surface area contributed by atoms with Gasteiger partial charge in [-0.3, -0.25) is 14.4 Å². The number of imide groups is 1. The highest BCUT2D eigenvalue weighted by Crippen LogP contribution is 2.37. The van der Waals surface area contributed by atoms with Crippen molar-refractivity contribution in [3.63, 3.8) is 0 Å². The number of carbonyl (C=O) groups is 4. The highest BCUT2D eigenvalue weighted by atomic mass is 35.5. The number of nitrogens with zero attached hydrogens (tertiary/aromatic N) is 1. The topological polar surface area (TPSA) is 123 Å². The summed E-state index contributed by atoms with van der Waals surface area (Å²) in [6.07, 6.45) is -0.269. The van der Waals surface area contributed by atoms with Crippen LogP contribution in [0.15, 0.2) is 77.5 Å². The summed E-state index contributed by atoms with van der Waals surface area (Å²) in [5.74, 6) is -1.54. The minimum atomic E-state index is -0.715. The Bertz CT molecular complexity index is 1520. The maximum absolute atomic E-state index is 13.2. The second-order valence-corrected chi connectivity index (χ2v) is 9.24. The van der Waals surface area contributed by atoms with E-state index in [0.29, 0.717) is 28.3 Å². The van der Waals surface area contributed by atoms with Crippen molar-refractivity contribution in [2.75, 3.05) is 29.8 Å². The van der Waals surface area contributed by atoms with Crippen LogP contribution < -0.4 is 25.0 Å². The zero-order valence-electron chi connectivity index (χ0n) is 22.1. The van der Waals surface area contributed by atoms with Crippen LogP contribution >= 0.6 is 11.6 Å². The van der Waals surface area contributed by atoms with Crippen LogP contribution in [0.1, 0.15) is 34.6 Å². The summed E-state index contributed by atoms with van der Waals surface area (Å²) < 4.78 is 15.7. The van der Waals surface area contributed by atoms with E-state index in [1.165, 1.54) is 38.5 Å². The van der Waals surface area contributed by atoms with E-state index < -0.39 is 23.7 Å². The fourth-order valence-corrected chi connectivity index (χ4v) is 4.07. The number of ether oxygens (including phenoxy) is 3. The second kappa shape index (κ2) is 11.9. The Labute approximate surface area is 235 Å².